The summed E-state index contributed by atoms with van der Waals surface area (Å²) in [6, 6.07) is -0.864. The number of pyridine rings is 1. The summed E-state index contributed by atoms with van der Waals surface area (Å²) in [6.45, 7) is 1.40. The van der Waals surface area contributed by atoms with Crippen molar-refractivity contribution >= 4 is 13.8 Å². The molecule has 0 bridgehead atoms. The molecule has 0 aromatic carbocycles. The van der Waals surface area contributed by atoms with Crippen LogP contribution >= 0.6 is 7.82 Å². The lowest BCUT2D eigenvalue weighted by atomic mass is 10.1. The number of hydrogen-bond donors (Lipinski definition) is 6. The van der Waals surface area contributed by atoms with E-state index in [1.165, 1.54) is 6.20 Å². The minimum atomic E-state index is -4.68. The van der Waals surface area contributed by atoms with E-state index < -0.39 is 26.4 Å². The zero-order valence-corrected chi connectivity index (χ0v) is 14.1. The third kappa shape index (κ3) is 6.52. The number of phosphoric ester groups is 1. The number of carboxylic acids is 1. The molecule has 0 radical (unpaired) electrons. The van der Waals surface area contributed by atoms with Gasteiger partial charge in [0.25, 0.3) is 0 Å². The van der Waals surface area contributed by atoms with Crippen LogP contribution in [0.4, 0.5) is 0 Å². The molecule has 0 fully saturated rings. The van der Waals surface area contributed by atoms with E-state index in [4.69, 9.17) is 15.5 Å². The zero-order valence-electron chi connectivity index (χ0n) is 13.2. The largest absolute Gasteiger partial charge is 0.506 e. The van der Waals surface area contributed by atoms with E-state index in [-0.39, 0.29) is 23.4 Å². The number of nitrogens with zero attached hydrogens (tertiary/aromatic N) is 1. The fraction of sp³-hybridized carbons (Fsp3) is 0.538. The summed E-state index contributed by atoms with van der Waals surface area (Å²) < 4.78 is 15.3. The lowest BCUT2D eigenvalue weighted by molar-refractivity contribution is -0.139. The van der Waals surface area contributed by atoms with Crippen molar-refractivity contribution < 1.29 is 33.9 Å². The Balaban J connectivity index is 2.93. The van der Waals surface area contributed by atoms with Crippen molar-refractivity contribution in [3.8, 4) is 5.75 Å². The highest BCUT2D eigenvalue weighted by Gasteiger charge is 2.21. The number of nitrogens with two attached hydrogens (primary N) is 1. The summed E-state index contributed by atoms with van der Waals surface area (Å²) in [4.78, 5) is 32.7. The van der Waals surface area contributed by atoms with Crippen molar-refractivity contribution in [3.63, 3.8) is 0 Å². The van der Waals surface area contributed by atoms with Gasteiger partial charge in [-0.05, 0) is 26.3 Å². The summed E-state index contributed by atoms with van der Waals surface area (Å²) in [5, 5.41) is 22.1. The first-order valence-electron chi connectivity index (χ1n) is 7.18. The van der Waals surface area contributed by atoms with Gasteiger partial charge in [0.15, 0.2) is 0 Å². The Morgan fingerprint density at radius 1 is 1.50 bits per heavy atom. The summed E-state index contributed by atoms with van der Waals surface area (Å²) in [5.41, 5.74) is 6.20. The first-order chi connectivity index (χ1) is 11.2. The number of aromatic nitrogens is 1. The van der Waals surface area contributed by atoms with Crippen molar-refractivity contribution in [3.05, 3.63) is 23.0 Å². The molecule has 10 nitrogen and oxygen atoms in total. The first-order valence-corrected chi connectivity index (χ1v) is 8.71. The minimum absolute atomic E-state index is 0.0312. The number of carbonyl (C=O) groups is 1. The van der Waals surface area contributed by atoms with E-state index in [9.17, 15) is 19.6 Å². The Labute approximate surface area is 138 Å². The van der Waals surface area contributed by atoms with Crippen molar-refractivity contribution in [2.75, 3.05) is 6.54 Å². The highest BCUT2D eigenvalue weighted by atomic mass is 31.2. The highest BCUT2D eigenvalue weighted by Crippen LogP contribution is 2.38. The number of nitrogens with one attached hydrogen (secondary N) is 1. The maximum atomic E-state index is 11.2. The SMILES string of the molecule is Cc1ncc(COP(=O)(O)O)c(CN[C@H](CCCN)C(=O)O)c1O. The van der Waals surface area contributed by atoms with Gasteiger partial charge >= 0.3 is 13.8 Å². The molecule has 1 rings (SSSR count). The van der Waals surface area contributed by atoms with Crippen molar-refractivity contribution in [2.24, 2.45) is 5.73 Å². The van der Waals surface area contributed by atoms with Gasteiger partial charge in [0.05, 0.1) is 12.3 Å². The molecule has 1 aromatic rings. The maximum absolute atomic E-state index is 11.2. The molecule has 7 N–H and O–H groups in total. The lowest BCUT2D eigenvalue weighted by Gasteiger charge is -2.17. The van der Waals surface area contributed by atoms with Crippen LogP contribution in [0.2, 0.25) is 0 Å². The average Bonchev–Trinajstić information content (AvgIpc) is 2.48. The van der Waals surface area contributed by atoms with Crippen LogP contribution in [0, 0.1) is 6.92 Å². The fourth-order valence-electron chi connectivity index (χ4n) is 2.02. The Bertz CT molecular complexity index is 620. The number of aromatic hydroxyl groups is 1. The molecule has 0 aliphatic rings. The second-order valence-corrected chi connectivity index (χ2v) is 6.40. The predicted molar refractivity (Wildman–Crippen MR) is 84.0 cm³/mol. The van der Waals surface area contributed by atoms with Crippen LogP contribution in [0.5, 0.6) is 5.75 Å². The van der Waals surface area contributed by atoms with Gasteiger partial charge < -0.3 is 31.1 Å². The van der Waals surface area contributed by atoms with E-state index in [2.05, 4.69) is 14.8 Å². The average molecular weight is 363 g/mol. The van der Waals surface area contributed by atoms with E-state index in [0.29, 0.717) is 25.1 Å². The van der Waals surface area contributed by atoms with Gasteiger partial charge in [0.1, 0.15) is 11.8 Å². The van der Waals surface area contributed by atoms with Crippen molar-refractivity contribution in [1.82, 2.24) is 10.3 Å². The Morgan fingerprint density at radius 2 is 2.17 bits per heavy atom. The summed E-state index contributed by atoms with van der Waals surface area (Å²) in [6.07, 6.45) is 2.14. The molecule has 0 aliphatic heterocycles. The molecule has 0 saturated carbocycles. The third-order valence-corrected chi connectivity index (χ3v) is 3.80. The summed E-state index contributed by atoms with van der Waals surface area (Å²) in [7, 11) is -4.68. The second kappa shape index (κ2) is 9.07. The van der Waals surface area contributed by atoms with Gasteiger partial charge in [-0.25, -0.2) is 4.57 Å². The molecule has 0 amide bonds. The predicted octanol–water partition coefficient (Wildman–Crippen LogP) is -0.0134. The maximum Gasteiger partial charge on any atom is 0.469 e. The molecule has 1 heterocycles. The third-order valence-electron chi connectivity index (χ3n) is 3.34. The van der Waals surface area contributed by atoms with Crippen LogP contribution in [-0.2, 0) is 27.0 Å². The molecule has 11 heteroatoms. The molecule has 0 saturated heterocycles. The lowest BCUT2D eigenvalue weighted by Crippen LogP contribution is -2.36. The summed E-state index contributed by atoms with van der Waals surface area (Å²) >= 11 is 0. The molecule has 136 valence electrons. The number of hydrogen-bond acceptors (Lipinski definition) is 7. The smallest absolute Gasteiger partial charge is 0.469 e. The molecule has 24 heavy (non-hydrogen) atoms. The fourth-order valence-corrected chi connectivity index (χ4v) is 2.33. The van der Waals surface area contributed by atoms with Crippen molar-refractivity contribution in [2.45, 2.75) is 39.0 Å². The van der Waals surface area contributed by atoms with Gasteiger partial charge in [0, 0.05) is 23.9 Å². The van der Waals surface area contributed by atoms with Gasteiger partial charge in [0.2, 0.25) is 0 Å². The molecule has 0 aliphatic carbocycles. The van der Waals surface area contributed by atoms with Crippen LogP contribution in [0.15, 0.2) is 6.20 Å². The number of carboxylic acid groups (broad SMARTS) is 1. The highest BCUT2D eigenvalue weighted by molar-refractivity contribution is 7.46. The van der Waals surface area contributed by atoms with Crippen molar-refractivity contribution in [1.29, 1.82) is 0 Å². The van der Waals surface area contributed by atoms with Crippen LogP contribution in [0.3, 0.4) is 0 Å². The molecule has 0 unspecified atom stereocenters. The first kappa shape index (κ1) is 20.5. The molecular weight excluding hydrogens is 341 g/mol. The van der Waals surface area contributed by atoms with Crippen LogP contribution in [0.25, 0.3) is 0 Å². The summed E-state index contributed by atoms with van der Waals surface area (Å²) in [5.74, 6) is -1.24. The topological polar surface area (TPSA) is 175 Å². The van der Waals surface area contributed by atoms with Gasteiger partial charge in [-0.1, -0.05) is 0 Å². The number of rotatable bonds is 10. The second-order valence-electron chi connectivity index (χ2n) is 5.16. The quantitative estimate of drug-likeness (QED) is 0.310. The molecular formula is C13H22N3O7P. The normalized spacial score (nSPS) is 13.0. The molecule has 0 spiro atoms. The number of aryl methyl sites for hydroxylation is 1. The van der Waals surface area contributed by atoms with E-state index in [1.54, 1.807) is 6.92 Å². The van der Waals surface area contributed by atoms with Crippen LogP contribution in [0.1, 0.15) is 29.7 Å². The van der Waals surface area contributed by atoms with Gasteiger partial charge in [-0.2, -0.15) is 0 Å². The van der Waals surface area contributed by atoms with E-state index in [1.807, 2.05) is 0 Å². The Kier molecular flexibility index (Phi) is 7.74. The zero-order chi connectivity index (χ0) is 18.3. The van der Waals surface area contributed by atoms with Gasteiger partial charge in [-0.15, -0.1) is 0 Å². The van der Waals surface area contributed by atoms with E-state index in [0.717, 1.165) is 0 Å². The van der Waals surface area contributed by atoms with Crippen LogP contribution < -0.4 is 11.1 Å². The molecule has 1 aromatic heterocycles. The molecule has 1 atom stereocenters. The number of aliphatic carboxylic acids is 1. The Morgan fingerprint density at radius 3 is 2.71 bits per heavy atom. The Hall–Kier alpha value is -1.55. The van der Waals surface area contributed by atoms with Gasteiger partial charge in [-0.3, -0.25) is 14.3 Å². The monoisotopic (exact) mass is 363 g/mol. The van der Waals surface area contributed by atoms with E-state index >= 15 is 0 Å². The number of phosphoric acid groups is 1. The minimum Gasteiger partial charge on any atom is -0.506 e. The standard InChI is InChI=1S/C13H22N3O7P/c1-8-12(17)10(6-16-11(13(18)19)3-2-4-14)9(5-15-8)7-23-24(20,21)22/h5,11,16-17H,2-4,6-7,14H2,1H3,(H,18,19)(H2,20,21,22)/t11-/m1/s1. The van der Waals surface area contributed by atoms with Crippen LogP contribution in [-0.4, -0.2) is 43.5 Å².